The van der Waals surface area contributed by atoms with Crippen LogP contribution < -0.4 is 20.1 Å². The molecule has 1 aromatic rings. The van der Waals surface area contributed by atoms with Crippen molar-refractivity contribution in [3.8, 4) is 11.5 Å². The first-order chi connectivity index (χ1) is 21.0. The Kier molecular flexibility index (Phi) is 8.44. The molecule has 0 unspecified atom stereocenters. The Hall–Kier alpha value is -3.10. The van der Waals surface area contributed by atoms with Crippen molar-refractivity contribution in [2.75, 3.05) is 13.7 Å². The molecule has 0 aromatic heterocycles. The van der Waals surface area contributed by atoms with Gasteiger partial charge in [0.1, 0.15) is 5.75 Å². The van der Waals surface area contributed by atoms with Crippen molar-refractivity contribution in [1.82, 2.24) is 10.6 Å². The third kappa shape index (κ3) is 5.95. The number of halogens is 1. The van der Waals surface area contributed by atoms with Crippen LogP contribution in [-0.2, 0) is 9.59 Å². The van der Waals surface area contributed by atoms with Crippen molar-refractivity contribution in [2.45, 2.75) is 103 Å². The number of nitrogens with one attached hydrogen (secondary N) is 2. The zero-order chi connectivity index (χ0) is 31.2. The second kappa shape index (κ2) is 12.0. The molecule has 9 heteroatoms. The minimum absolute atomic E-state index is 0.0133. The summed E-state index contributed by atoms with van der Waals surface area (Å²) in [6.45, 7) is 4.60. The summed E-state index contributed by atoms with van der Waals surface area (Å²) in [6, 6.07) is 2.20. The predicted molar refractivity (Wildman–Crippen MR) is 163 cm³/mol. The summed E-state index contributed by atoms with van der Waals surface area (Å²) in [4.78, 5) is 39.2. The summed E-state index contributed by atoms with van der Waals surface area (Å²) < 4.78 is 26.6. The van der Waals surface area contributed by atoms with Crippen molar-refractivity contribution in [2.24, 2.45) is 34.5 Å². The van der Waals surface area contributed by atoms with Gasteiger partial charge < -0.3 is 25.2 Å². The maximum Gasteiger partial charge on any atom is 0.309 e. The lowest BCUT2D eigenvalue weighted by Crippen LogP contribution is -2.52. The van der Waals surface area contributed by atoms with E-state index >= 15 is 4.39 Å². The number of hydrogen-bond acceptors (Lipinski definition) is 5. The minimum Gasteiger partial charge on any atom is -0.496 e. The highest BCUT2D eigenvalue weighted by molar-refractivity contribution is 5.98. The van der Waals surface area contributed by atoms with E-state index in [1.165, 1.54) is 50.5 Å². The quantitative estimate of drug-likeness (QED) is 0.279. The van der Waals surface area contributed by atoms with Gasteiger partial charge in [0, 0.05) is 24.6 Å². The smallest absolute Gasteiger partial charge is 0.309 e. The van der Waals surface area contributed by atoms with Gasteiger partial charge in [-0.15, -0.1) is 0 Å². The maximum atomic E-state index is 15.1. The molecule has 4 atom stereocenters. The van der Waals surface area contributed by atoms with Gasteiger partial charge in [-0.05, 0) is 94.4 Å². The number of hydrogen-bond donors (Lipinski definition) is 3. The average Bonchev–Trinajstić information content (AvgIpc) is 3.53. The van der Waals surface area contributed by atoms with E-state index in [9.17, 15) is 19.5 Å². The number of allylic oxidation sites excluding steroid dienone is 1. The van der Waals surface area contributed by atoms with E-state index in [1.54, 1.807) is 6.92 Å². The zero-order valence-electron chi connectivity index (χ0n) is 26.3. The number of amides is 2. The first-order valence-electron chi connectivity index (χ1n) is 16.6. The Labute approximate surface area is 259 Å². The largest absolute Gasteiger partial charge is 0.496 e. The third-order valence-electron chi connectivity index (χ3n) is 11.7. The van der Waals surface area contributed by atoms with Crippen LogP contribution in [-0.4, -0.2) is 48.7 Å². The molecule has 0 spiro atoms. The number of carboxylic acid groups (broad SMARTS) is 1. The molecule has 0 saturated heterocycles. The van der Waals surface area contributed by atoms with Crippen molar-refractivity contribution in [1.29, 1.82) is 0 Å². The fourth-order valence-electron chi connectivity index (χ4n) is 8.19. The van der Waals surface area contributed by atoms with Crippen LogP contribution in [0.15, 0.2) is 23.8 Å². The third-order valence-corrected chi connectivity index (χ3v) is 11.7. The van der Waals surface area contributed by atoms with Gasteiger partial charge in [-0.2, -0.15) is 0 Å². The molecule has 0 heterocycles. The molecule has 5 aliphatic rings. The summed E-state index contributed by atoms with van der Waals surface area (Å²) in [5.74, 6) is -1.27. The fraction of sp³-hybridized carbons (Fsp3) is 0.686. The van der Waals surface area contributed by atoms with Gasteiger partial charge in [0.2, 0.25) is 5.91 Å². The van der Waals surface area contributed by atoms with E-state index in [1.807, 2.05) is 0 Å². The Morgan fingerprint density at radius 1 is 1.05 bits per heavy atom. The number of aliphatic carboxylic acids is 1. The van der Waals surface area contributed by atoms with Crippen molar-refractivity contribution in [3.05, 3.63) is 35.2 Å². The lowest BCUT2D eigenvalue weighted by molar-refractivity contribution is -0.150. The van der Waals surface area contributed by atoms with Crippen LogP contribution in [0.5, 0.6) is 11.5 Å². The number of carbonyl (C=O) groups is 3. The van der Waals surface area contributed by atoms with Gasteiger partial charge in [0.05, 0.1) is 30.1 Å². The minimum atomic E-state index is -0.832. The molecule has 5 fully saturated rings. The van der Waals surface area contributed by atoms with E-state index in [0.717, 1.165) is 25.7 Å². The van der Waals surface area contributed by atoms with E-state index in [2.05, 4.69) is 23.6 Å². The molecule has 2 amide bonds. The van der Waals surface area contributed by atoms with Crippen LogP contribution in [0, 0.1) is 40.3 Å². The molecular formula is C35H47FN2O6. The molecule has 5 aliphatic carbocycles. The SMILES string of the molecule is COc1cc(F)c(OC2CCC(C)(C(=O)O)CC2)cc1C(=O)N[C@H]1[C@@H](C(=O)NCC2(C)CCC2)[C@@H]2C/C(=C/C3CCC3)[C@H]1C2. The van der Waals surface area contributed by atoms with E-state index in [4.69, 9.17) is 9.47 Å². The Balaban J connectivity index is 1.20. The monoisotopic (exact) mass is 610 g/mol. The lowest BCUT2D eigenvalue weighted by atomic mass is 9.70. The van der Waals surface area contributed by atoms with Crippen LogP contribution >= 0.6 is 0 Å². The van der Waals surface area contributed by atoms with Gasteiger partial charge in [0.15, 0.2) is 11.6 Å². The molecule has 6 rings (SSSR count). The number of rotatable bonds is 10. The predicted octanol–water partition coefficient (Wildman–Crippen LogP) is 6.03. The maximum absolute atomic E-state index is 15.1. The standard InChI is InChI=1S/C35H47FN2O6/c1-34(10-5-11-34)19-37-32(40)29-22-15-21(14-20-6-4-7-20)24(16-22)30(29)38-31(39)25-17-28(26(36)18-27(25)43-3)44-23-8-12-35(2,13-9-23)33(41)42/h14,17-18,20,22-24,29-30H,4-13,15-16,19H2,1-3H3,(H,37,40)(H,38,39)(H,41,42)/b21-14-/t22-,23?,24-,29+,30-,35?/m1/s1. The van der Waals surface area contributed by atoms with Gasteiger partial charge in [-0.1, -0.05) is 31.4 Å². The number of carbonyl (C=O) groups excluding carboxylic acids is 2. The number of benzene rings is 1. The second-order valence-electron chi connectivity index (χ2n) is 14.8. The summed E-state index contributed by atoms with van der Waals surface area (Å²) >= 11 is 0. The van der Waals surface area contributed by atoms with E-state index in [0.29, 0.717) is 38.1 Å². The molecule has 0 radical (unpaired) electrons. The highest BCUT2D eigenvalue weighted by Crippen LogP contribution is 2.53. The van der Waals surface area contributed by atoms with Gasteiger partial charge in [-0.3, -0.25) is 14.4 Å². The first kappa shape index (κ1) is 30.9. The van der Waals surface area contributed by atoms with Crippen LogP contribution in [0.25, 0.3) is 0 Å². The van der Waals surface area contributed by atoms with Crippen LogP contribution in [0.1, 0.15) is 101 Å². The Morgan fingerprint density at radius 2 is 1.77 bits per heavy atom. The number of fused-ring (bicyclic) bond motifs is 2. The molecule has 8 nitrogen and oxygen atoms in total. The Bertz CT molecular complexity index is 1330. The van der Waals surface area contributed by atoms with Crippen molar-refractivity contribution < 1.29 is 33.4 Å². The highest BCUT2D eigenvalue weighted by atomic mass is 19.1. The van der Waals surface area contributed by atoms with Gasteiger partial charge in [-0.25, -0.2) is 4.39 Å². The molecule has 3 N–H and O–H groups in total. The van der Waals surface area contributed by atoms with Gasteiger partial charge in [0.25, 0.3) is 5.91 Å². The summed E-state index contributed by atoms with van der Waals surface area (Å²) in [6.07, 6.45) is 12.7. The molecule has 44 heavy (non-hydrogen) atoms. The topological polar surface area (TPSA) is 114 Å². The van der Waals surface area contributed by atoms with Crippen molar-refractivity contribution >= 4 is 17.8 Å². The van der Waals surface area contributed by atoms with E-state index in [-0.39, 0.29) is 58.3 Å². The highest BCUT2D eigenvalue weighted by Gasteiger charge is 2.54. The van der Waals surface area contributed by atoms with Crippen molar-refractivity contribution in [3.63, 3.8) is 0 Å². The summed E-state index contributed by atoms with van der Waals surface area (Å²) in [7, 11) is 1.40. The normalized spacial score (nSPS) is 33.3. The number of methoxy groups -OCH3 is 1. The van der Waals surface area contributed by atoms with Gasteiger partial charge >= 0.3 is 5.97 Å². The summed E-state index contributed by atoms with van der Waals surface area (Å²) in [5.41, 5.74) is 0.863. The fourth-order valence-corrected chi connectivity index (χ4v) is 8.19. The molecule has 5 saturated carbocycles. The van der Waals surface area contributed by atoms with Crippen LogP contribution in [0.4, 0.5) is 4.39 Å². The molecule has 2 bridgehead atoms. The number of ether oxygens (including phenoxy) is 2. The number of carboxylic acids is 1. The first-order valence-corrected chi connectivity index (χ1v) is 16.6. The molecular weight excluding hydrogens is 563 g/mol. The zero-order valence-corrected chi connectivity index (χ0v) is 26.3. The molecule has 240 valence electrons. The van der Waals surface area contributed by atoms with E-state index < -0.39 is 23.1 Å². The van der Waals surface area contributed by atoms with Crippen LogP contribution in [0.2, 0.25) is 0 Å². The average molecular weight is 611 g/mol. The molecule has 0 aliphatic heterocycles. The summed E-state index contributed by atoms with van der Waals surface area (Å²) in [5, 5.41) is 16.0. The second-order valence-corrected chi connectivity index (χ2v) is 14.8. The van der Waals surface area contributed by atoms with Crippen LogP contribution in [0.3, 0.4) is 0 Å². The Morgan fingerprint density at radius 3 is 2.36 bits per heavy atom. The lowest BCUT2D eigenvalue weighted by Gasteiger charge is -2.39. The molecule has 1 aromatic carbocycles.